The SMILES string of the molecule is COC[C@@H]1[C@H](NC(=O)CN(C)Cc2ccncc2)[C@H]2CCO[C@H]21. The predicted octanol–water partition coefficient (Wildman–Crippen LogP) is 0.680. The zero-order valence-electron chi connectivity index (χ0n) is 13.8. The lowest BCUT2D eigenvalue weighted by Crippen LogP contribution is -2.63. The van der Waals surface area contributed by atoms with Crippen LogP contribution in [0.2, 0.25) is 0 Å². The molecule has 2 heterocycles. The monoisotopic (exact) mass is 319 g/mol. The molecule has 126 valence electrons. The maximum Gasteiger partial charge on any atom is 0.234 e. The Morgan fingerprint density at radius 1 is 1.48 bits per heavy atom. The van der Waals surface area contributed by atoms with Crippen LogP contribution in [0, 0.1) is 11.8 Å². The summed E-state index contributed by atoms with van der Waals surface area (Å²) in [5.41, 5.74) is 1.15. The minimum absolute atomic E-state index is 0.0676. The quantitative estimate of drug-likeness (QED) is 0.801. The molecule has 1 N–H and O–H groups in total. The lowest BCUT2D eigenvalue weighted by Gasteiger charge is -2.47. The number of hydrogen-bond donors (Lipinski definition) is 1. The molecule has 0 bridgehead atoms. The molecule has 2 aliphatic rings. The van der Waals surface area contributed by atoms with Gasteiger partial charge in [-0.15, -0.1) is 0 Å². The van der Waals surface area contributed by atoms with E-state index in [9.17, 15) is 4.79 Å². The fourth-order valence-electron chi connectivity index (χ4n) is 3.77. The van der Waals surface area contributed by atoms with Crippen LogP contribution in [0.15, 0.2) is 24.5 Å². The Bertz CT molecular complexity index is 525. The highest BCUT2D eigenvalue weighted by Crippen LogP contribution is 2.43. The highest BCUT2D eigenvalue weighted by molar-refractivity contribution is 5.78. The molecule has 1 saturated heterocycles. The number of carbonyl (C=O) groups is 1. The third-order valence-electron chi connectivity index (χ3n) is 4.83. The van der Waals surface area contributed by atoms with Crippen LogP contribution in [0.5, 0.6) is 0 Å². The fourth-order valence-corrected chi connectivity index (χ4v) is 3.77. The van der Waals surface area contributed by atoms with E-state index in [0.29, 0.717) is 19.1 Å². The van der Waals surface area contributed by atoms with Gasteiger partial charge in [-0.2, -0.15) is 0 Å². The van der Waals surface area contributed by atoms with E-state index >= 15 is 0 Å². The minimum atomic E-state index is 0.0676. The third-order valence-corrected chi connectivity index (χ3v) is 4.83. The molecule has 0 aromatic carbocycles. The molecule has 4 atom stereocenters. The van der Waals surface area contributed by atoms with Crippen molar-refractivity contribution in [1.29, 1.82) is 0 Å². The van der Waals surface area contributed by atoms with Crippen molar-refractivity contribution in [3.63, 3.8) is 0 Å². The van der Waals surface area contributed by atoms with Crippen LogP contribution in [-0.2, 0) is 20.8 Å². The second-order valence-electron chi connectivity index (χ2n) is 6.53. The van der Waals surface area contributed by atoms with Crippen molar-refractivity contribution in [3.05, 3.63) is 30.1 Å². The Morgan fingerprint density at radius 3 is 3.00 bits per heavy atom. The van der Waals surface area contributed by atoms with Gasteiger partial charge in [0.05, 0.1) is 19.3 Å². The number of hydrogen-bond acceptors (Lipinski definition) is 5. The number of methoxy groups -OCH3 is 1. The summed E-state index contributed by atoms with van der Waals surface area (Å²) in [7, 11) is 3.65. The number of ether oxygens (including phenoxy) is 2. The molecule has 3 rings (SSSR count). The Morgan fingerprint density at radius 2 is 2.26 bits per heavy atom. The first kappa shape index (κ1) is 16.4. The zero-order chi connectivity index (χ0) is 16.2. The molecular formula is C17H25N3O3. The second kappa shape index (κ2) is 7.38. The van der Waals surface area contributed by atoms with E-state index in [1.165, 1.54) is 0 Å². The van der Waals surface area contributed by atoms with Crippen molar-refractivity contribution >= 4 is 5.91 Å². The summed E-state index contributed by atoms with van der Waals surface area (Å²) in [6.07, 6.45) is 4.83. The van der Waals surface area contributed by atoms with E-state index < -0.39 is 0 Å². The molecule has 0 spiro atoms. The van der Waals surface area contributed by atoms with Gasteiger partial charge in [-0.1, -0.05) is 0 Å². The molecule has 2 fully saturated rings. The number of amides is 1. The second-order valence-corrected chi connectivity index (χ2v) is 6.53. The van der Waals surface area contributed by atoms with Gasteiger partial charge in [-0.05, 0) is 31.2 Å². The van der Waals surface area contributed by atoms with Crippen LogP contribution >= 0.6 is 0 Å². The normalized spacial score (nSPS) is 29.2. The van der Waals surface area contributed by atoms with Crippen molar-refractivity contribution in [2.24, 2.45) is 11.8 Å². The van der Waals surface area contributed by atoms with Gasteiger partial charge in [0.2, 0.25) is 5.91 Å². The molecule has 1 aliphatic carbocycles. The Kier molecular flexibility index (Phi) is 5.25. The van der Waals surface area contributed by atoms with Crippen molar-refractivity contribution in [2.45, 2.75) is 25.1 Å². The largest absolute Gasteiger partial charge is 0.384 e. The summed E-state index contributed by atoms with van der Waals surface area (Å²) in [5.74, 6) is 0.796. The molecule has 1 aromatic heterocycles. The first-order valence-electron chi connectivity index (χ1n) is 8.16. The number of rotatable bonds is 7. The Balaban J connectivity index is 1.48. The molecule has 23 heavy (non-hydrogen) atoms. The van der Waals surface area contributed by atoms with Crippen molar-refractivity contribution in [1.82, 2.24) is 15.2 Å². The number of carbonyl (C=O) groups excluding carboxylic acids is 1. The van der Waals surface area contributed by atoms with Crippen LogP contribution in [0.1, 0.15) is 12.0 Å². The van der Waals surface area contributed by atoms with Crippen LogP contribution in [0.3, 0.4) is 0 Å². The lowest BCUT2D eigenvalue weighted by molar-refractivity contribution is -0.130. The third kappa shape index (κ3) is 3.71. The van der Waals surface area contributed by atoms with Gasteiger partial charge in [-0.25, -0.2) is 0 Å². The molecule has 0 unspecified atom stereocenters. The van der Waals surface area contributed by atoms with E-state index in [4.69, 9.17) is 9.47 Å². The molecule has 1 saturated carbocycles. The molecule has 6 heteroatoms. The van der Waals surface area contributed by atoms with Crippen LogP contribution in [0.4, 0.5) is 0 Å². The van der Waals surface area contributed by atoms with Crippen LogP contribution in [0.25, 0.3) is 0 Å². The van der Waals surface area contributed by atoms with E-state index in [0.717, 1.165) is 25.1 Å². The fraction of sp³-hybridized carbons (Fsp3) is 0.647. The van der Waals surface area contributed by atoms with E-state index in [1.54, 1.807) is 19.5 Å². The summed E-state index contributed by atoms with van der Waals surface area (Å²) < 4.78 is 11.0. The number of nitrogens with one attached hydrogen (secondary N) is 1. The van der Waals surface area contributed by atoms with Gasteiger partial charge in [0.1, 0.15) is 0 Å². The molecule has 1 amide bonds. The number of likely N-dealkylation sites (N-methyl/N-ethyl adjacent to an activating group) is 1. The zero-order valence-corrected chi connectivity index (χ0v) is 13.8. The summed E-state index contributed by atoms with van der Waals surface area (Å²) in [5, 5.41) is 3.19. The molecule has 1 aliphatic heterocycles. The maximum absolute atomic E-state index is 12.3. The first-order chi connectivity index (χ1) is 11.2. The van der Waals surface area contributed by atoms with Gasteiger partial charge >= 0.3 is 0 Å². The Hall–Kier alpha value is -1.50. The van der Waals surface area contributed by atoms with Crippen molar-refractivity contribution < 1.29 is 14.3 Å². The number of aromatic nitrogens is 1. The van der Waals surface area contributed by atoms with Gasteiger partial charge in [0.25, 0.3) is 0 Å². The highest BCUT2D eigenvalue weighted by Gasteiger charge is 2.54. The topological polar surface area (TPSA) is 63.7 Å². The van der Waals surface area contributed by atoms with Crippen molar-refractivity contribution in [2.75, 3.05) is 33.9 Å². The predicted molar refractivity (Wildman–Crippen MR) is 85.7 cm³/mol. The lowest BCUT2D eigenvalue weighted by atomic mass is 9.67. The molecule has 0 radical (unpaired) electrons. The van der Waals surface area contributed by atoms with Crippen LogP contribution in [-0.4, -0.2) is 61.9 Å². The van der Waals surface area contributed by atoms with Crippen molar-refractivity contribution in [3.8, 4) is 0 Å². The smallest absolute Gasteiger partial charge is 0.234 e. The van der Waals surface area contributed by atoms with E-state index in [1.807, 2.05) is 24.1 Å². The van der Waals surface area contributed by atoms with Gasteiger partial charge in [-0.3, -0.25) is 14.7 Å². The summed E-state index contributed by atoms with van der Waals surface area (Å²) in [6, 6.07) is 4.12. The summed E-state index contributed by atoms with van der Waals surface area (Å²) >= 11 is 0. The number of pyridine rings is 1. The highest BCUT2D eigenvalue weighted by atomic mass is 16.5. The number of fused-ring (bicyclic) bond motifs is 1. The van der Waals surface area contributed by atoms with E-state index in [2.05, 4.69) is 10.3 Å². The minimum Gasteiger partial charge on any atom is -0.384 e. The number of nitrogens with zero attached hydrogens (tertiary/aromatic N) is 2. The average molecular weight is 319 g/mol. The average Bonchev–Trinajstić information content (AvgIpc) is 2.96. The molecule has 1 aromatic rings. The first-order valence-corrected chi connectivity index (χ1v) is 8.16. The summed E-state index contributed by atoms with van der Waals surface area (Å²) in [4.78, 5) is 18.4. The van der Waals surface area contributed by atoms with Gasteiger partial charge < -0.3 is 14.8 Å². The molecular weight excluding hydrogens is 294 g/mol. The maximum atomic E-state index is 12.3. The van der Waals surface area contributed by atoms with E-state index in [-0.39, 0.29) is 24.0 Å². The summed E-state index contributed by atoms with van der Waals surface area (Å²) in [6.45, 7) is 2.55. The Labute approximate surface area is 137 Å². The van der Waals surface area contributed by atoms with Crippen LogP contribution < -0.4 is 5.32 Å². The van der Waals surface area contributed by atoms with Gasteiger partial charge in [0.15, 0.2) is 0 Å². The van der Waals surface area contributed by atoms with Gasteiger partial charge in [0, 0.05) is 50.5 Å². The molecule has 6 nitrogen and oxygen atoms in total. The standard InChI is InChI=1S/C17H25N3O3/c1-20(9-12-3-6-18-7-4-12)10-15(21)19-16-13-5-8-23-17(13)14(16)11-22-2/h3-4,6-7,13-14,16-17H,5,8-11H2,1-2H3,(H,19,21)/t13-,14-,16-,17-/m1/s1.